The van der Waals surface area contributed by atoms with Gasteiger partial charge in [0, 0.05) is 6.04 Å². The number of nitrogens with zero attached hydrogens (tertiary/aromatic N) is 2. The largest absolute Gasteiger partial charge is 0.322 e. The van der Waals surface area contributed by atoms with Crippen LogP contribution >= 0.6 is 0 Å². The van der Waals surface area contributed by atoms with E-state index in [9.17, 15) is 4.79 Å². The summed E-state index contributed by atoms with van der Waals surface area (Å²) >= 11 is 0. The monoisotopic (exact) mass is 291 g/mol. The SMILES string of the molecule is Cc1n[nH]c(C)c1NC(=O)C1CCCN1C1CCNCC1. The van der Waals surface area contributed by atoms with Crippen LogP contribution in [0.5, 0.6) is 0 Å². The number of hydrogen-bond donors (Lipinski definition) is 3. The number of piperidine rings is 1. The van der Waals surface area contributed by atoms with Gasteiger partial charge in [-0.25, -0.2) is 0 Å². The lowest BCUT2D eigenvalue weighted by Gasteiger charge is -2.35. The molecule has 1 aromatic rings. The molecule has 6 nitrogen and oxygen atoms in total. The van der Waals surface area contributed by atoms with Gasteiger partial charge in [0.25, 0.3) is 0 Å². The van der Waals surface area contributed by atoms with E-state index in [0.717, 1.165) is 62.4 Å². The molecule has 6 heteroatoms. The van der Waals surface area contributed by atoms with Crippen LogP contribution in [0, 0.1) is 13.8 Å². The lowest BCUT2D eigenvalue weighted by Crippen LogP contribution is -2.49. The fourth-order valence-corrected chi connectivity index (χ4v) is 3.59. The Labute approximate surface area is 125 Å². The Morgan fingerprint density at radius 1 is 1.29 bits per heavy atom. The van der Waals surface area contributed by atoms with Crippen molar-refractivity contribution < 1.29 is 4.79 Å². The second-order valence-electron chi connectivity index (χ2n) is 6.18. The number of aromatic nitrogens is 2. The van der Waals surface area contributed by atoms with E-state index in [4.69, 9.17) is 0 Å². The predicted octanol–water partition coefficient (Wildman–Crippen LogP) is 1.18. The number of rotatable bonds is 3. The minimum absolute atomic E-state index is 0.0156. The molecule has 3 N–H and O–H groups in total. The van der Waals surface area contributed by atoms with Crippen LogP contribution in [-0.4, -0.2) is 52.7 Å². The molecule has 1 atom stereocenters. The highest BCUT2D eigenvalue weighted by Gasteiger charge is 2.36. The smallest absolute Gasteiger partial charge is 0.241 e. The van der Waals surface area contributed by atoms with Crippen molar-refractivity contribution in [1.29, 1.82) is 0 Å². The summed E-state index contributed by atoms with van der Waals surface area (Å²) in [6.07, 6.45) is 4.37. The first kappa shape index (κ1) is 14.5. The number of amides is 1. The van der Waals surface area contributed by atoms with Crippen molar-refractivity contribution in [3.8, 4) is 0 Å². The number of aromatic amines is 1. The summed E-state index contributed by atoms with van der Waals surface area (Å²) in [7, 11) is 0. The number of hydrogen-bond acceptors (Lipinski definition) is 4. The minimum atomic E-state index is 0.0156. The number of carbonyl (C=O) groups excluding carboxylic acids is 1. The molecule has 0 aromatic carbocycles. The molecule has 0 spiro atoms. The molecule has 1 amide bonds. The van der Waals surface area contributed by atoms with E-state index in [-0.39, 0.29) is 11.9 Å². The molecular formula is C15H25N5O. The van der Waals surface area contributed by atoms with Gasteiger partial charge in [-0.3, -0.25) is 14.8 Å². The summed E-state index contributed by atoms with van der Waals surface area (Å²) in [5.41, 5.74) is 2.62. The quantitative estimate of drug-likeness (QED) is 0.782. The third kappa shape index (κ3) is 2.96. The van der Waals surface area contributed by atoms with Crippen LogP contribution < -0.4 is 10.6 Å². The van der Waals surface area contributed by atoms with E-state index >= 15 is 0 Å². The van der Waals surface area contributed by atoms with Crippen LogP contribution in [0.3, 0.4) is 0 Å². The van der Waals surface area contributed by atoms with Crippen LogP contribution in [0.15, 0.2) is 0 Å². The lowest BCUT2D eigenvalue weighted by molar-refractivity contribution is -0.121. The zero-order valence-electron chi connectivity index (χ0n) is 12.9. The van der Waals surface area contributed by atoms with E-state index in [1.54, 1.807) is 0 Å². The minimum Gasteiger partial charge on any atom is -0.322 e. The van der Waals surface area contributed by atoms with Crippen LogP contribution in [0.2, 0.25) is 0 Å². The van der Waals surface area contributed by atoms with Crippen LogP contribution in [-0.2, 0) is 4.79 Å². The molecule has 2 aliphatic rings. The summed E-state index contributed by atoms with van der Waals surface area (Å²) in [5, 5.41) is 13.5. The number of likely N-dealkylation sites (tertiary alicyclic amines) is 1. The van der Waals surface area contributed by atoms with E-state index in [1.807, 2.05) is 13.8 Å². The van der Waals surface area contributed by atoms with Gasteiger partial charge >= 0.3 is 0 Å². The molecule has 3 heterocycles. The summed E-state index contributed by atoms with van der Waals surface area (Å²) < 4.78 is 0. The second kappa shape index (κ2) is 6.15. The van der Waals surface area contributed by atoms with Gasteiger partial charge in [0.15, 0.2) is 0 Å². The summed E-state index contributed by atoms with van der Waals surface area (Å²) in [6, 6.07) is 0.567. The van der Waals surface area contributed by atoms with E-state index in [0.29, 0.717) is 6.04 Å². The lowest BCUT2D eigenvalue weighted by atomic mass is 10.0. The van der Waals surface area contributed by atoms with Gasteiger partial charge in [0.1, 0.15) is 0 Å². The van der Waals surface area contributed by atoms with Crippen molar-refractivity contribution in [1.82, 2.24) is 20.4 Å². The third-order valence-corrected chi connectivity index (χ3v) is 4.75. The highest BCUT2D eigenvalue weighted by molar-refractivity contribution is 5.96. The van der Waals surface area contributed by atoms with Gasteiger partial charge in [-0.2, -0.15) is 5.10 Å². The van der Waals surface area contributed by atoms with Gasteiger partial charge in [0.2, 0.25) is 5.91 Å². The molecule has 2 aliphatic heterocycles. The van der Waals surface area contributed by atoms with Crippen molar-refractivity contribution >= 4 is 11.6 Å². The number of carbonyl (C=O) groups is 1. The average molecular weight is 291 g/mol. The van der Waals surface area contributed by atoms with E-state index in [2.05, 4.69) is 25.7 Å². The summed E-state index contributed by atoms with van der Waals surface area (Å²) in [5.74, 6) is 0.124. The van der Waals surface area contributed by atoms with Gasteiger partial charge in [-0.05, 0) is 59.2 Å². The molecule has 0 bridgehead atoms. The fourth-order valence-electron chi connectivity index (χ4n) is 3.59. The molecule has 0 aliphatic carbocycles. The number of aryl methyl sites for hydroxylation is 2. The molecule has 116 valence electrons. The Morgan fingerprint density at radius 2 is 2.05 bits per heavy atom. The zero-order chi connectivity index (χ0) is 14.8. The molecule has 1 aromatic heterocycles. The second-order valence-corrected chi connectivity index (χ2v) is 6.18. The van der Waals surface area contributed by atoms with E-state index < -0.39 is 0 Å². The first-order chi connectivity index (χ1) is 10.2. The molecule has 1 unspecified atom stereocenters. The standard InChI is InChI=1S/C15H25N5O/c1-10-14(11(2)19-18-10)17-15(21)13-4-3-9-20(13)12-5-7-16-8-6-12/h12-13,16H,3-9H2,1-2H3,(H,17,21)(H,18,19). The Morgan fingerprint density at radius 3 is 2.71 bits per heavy atom. The maximum absolute atomic E-state index is 12.7. The van der Waals surface area contributed by atoms with Gasteiger partial charge in [-0.1, -0.05) is 0 Å². The predicted molar refractivity (Wildman–Crippen MR) is 82.3 cm³/mol. The Bertz CT molecular complexity index is 487. The maximum atomic E-state index is 12.7. The van der Waals surface area contributed by atoms with Crippen molar-refractivity contribution in [3.63, 3.8) is 0 Å². The third-order valence-electron chi connectivity index (χ3n) is 4.75. The molecule has 2 saturated heterocycles. The summed E-state index contributed by atoms with van der Waals surface area (Å²) in [4.78, 5) is 15.1. The maximum Gasteiger partial charge on any atom is 0.241 e. The van der Waals surface area contributed by atoms with Crippen molar-refractivity contribution in [2.75, 3.05) is 25.0 Å². The first-order valence-corrected chi connectivity index (χ1v) is 7.95. The number of nitrogens with one attached hydrogen (secondary N) is 3. The van der Waals surface area contributed by atoms with Crippen molar-refractivity contribution in [2.45, 2.75) is 51.6 Å². The van der Waals surface area contributed by atoms with Gasteiger partial charge in [-0.15, -0.1) is 0 Å². The van der Waals surface area contributed by atoms with Gasteiger partial charge < -0.3 is 10.6 Å². The molecule has 2 fully saturated rings. The summed E-state index contributed by atoms with van der Waals surface area (Å²) in [6.45, 7) is 7.03. The fraction of sp³-hybridized carbons (Fsp3) is 0.733. The van der Waals surface area contributed by atoms with E-state index in [1.165, 1.54) is 0 Å². The normalized spacial score (nSPS) is 24.4. The van der Waals surface area contributed by atoms with Crippen LogP contribution in [0.1, 0.15) is 37.1 Å². The number of H-pyrrole nitrogens is 1. The Balaban J connectivity index is 1.68. The van der Waals surface area contributed by atoms with Crippen LogP contribution in [0.25, 0.3) is 0 Å². The molecular weight excluding hydrogens is 266 g/mol. The number of anilines is 1. The highest BCUT2D eigenvalue weighted by atomic mass is 16.2. The van der Waals surface area contributed by atoms with Crippen molar-refractivity contribution in [2.24, 2.45) is 0 Å². The molecule has 3 rings (SSSR count). The molecule has 0 saturated carbocycles. The highest BCUT2D eigenvalue weighted by Crippen LogP contribution is 2.26. The average Bonchev–Trinajstić information content (AvgIpc) is 3.10. The van der Waals surface area contributed by atoms with Gasteiger partial charge in [0.05, 0.1) is 23.1 Å². The Hall–Kier alpha value is -1.40. The molecule has 21 heavy (non-hydrogen) atoms. The first-order valence-electron chi connectivity index (χ1n) is 7.95. The van der Waals surface area contributed by atoms with Crippen molar-refractivity contribution in [3.05, 3.63) is 11.4 Å². The van der Waals surface area contributed by atoms with Crippen LogP contribution in [0.4, 0.5) is 5.69 Å². The molecule has 0 radical (unpaired) electrons. The zero-order valence-corrected chi connectivity index (χ0v) is 12.9. The topological polar surface area (TPSA) is 73.0 Å². The Kier molecular flexibility index (Phi) is 4.26.